The lowest BCUT2D eigenvalue weighted by atomic mass is 10.1. The van der Waals surface area contributed by atoms with E-state index < -0.39 is 21.2 Å². The molecule has 16 heavy (non-hydrogen) atoms. The molecule has 90 valence electrons. The quantitative estimate of drug-likeness (QED) is 0.882. The van der Waals surface area contributed by atoms with Crippen LogP contribution in [0.3, 0.4) is 0 Å². The predicted octanol–water partition coefficient (Wildman–Crippen LogP) is 1.01. The van der Waals surface area contributed by atoms with E-state index >= 15 is 0 Å². The molecule has 0 saturated carbocycles. The first-order chi connectivity index (χ1) is 7.59. The molecule has 1 fully saturated rings. The smallest absolute Gasteiger partial charge is 0.155 e. The van der Waals surface area contributed by atoms with Gasteiger partial charge in [0.05, 0.1) is 22.1 Å². The summed E-state index contributed by atoms with van der Waals surface area (Å²) in [6.07, 6.45) is 3.40. The molecule has 2 heterocycles. The summed E-state index contributed by atoms with van der Waals surface area (Å²) in [6, 6.07) is 0. The van der Waals surface area contributed by atoms with Crippen LogP contribution in [0.4, 0.5) is 0 Å². The Morgan fingerprint density at radius 2 is 2.38 bits per heavy atom. The summed E-state index contributed by atoms with van der Waals surface area (Å²) in [6.45, 7) is 0. The number of aliphatic hydroxyl groups excluding tert-OH is 1. The highest BCUT2D eigenvalue weighted by molar-refractivity contribution is 7.92. The van der Waals surface area contributed by atoms with Crippen molar-refractivity contribution in [1.29, 1.82) is 0 Å². The lowest BCUT2D eigenvalue weighted by Gasteiger charge is -2.26. The van der Waals surface area contributed by atoms with Crippen LogP contribution in [0.5, 0.6) is 0 Å². The van der Waals surface area contributed by atoms with Gasteiger partial charge in [-0.2, -0.15) is 0 Å². The first-order valence-electron chi connectivity index (χ1n) is 5.37. The van der Waals surface area contributed by atoms with Gasteiger partial charge in [0.25, 0.3) is 0 Å². The standard InChI is InChI=1S/C10H15NO3S2/c12-8(7-10-11-4-5-15-10)9-3-1-2-6-16(9,13)14/h4-5,8-9,12H,1-3,6-7H2. The van der Waals surface area contributed by atoms with E-state index in [-0.39, 0.29) is 5.75 Å². The van der Waals surface area contributed by atoms with Gasteiger partial charge in [-0.3, -0.25) is 0 Å². The number of aliphatic hydroxyl groups is 1. The maximum absolute atomic E-state index is 11.8. The molecule has 1 aromatic rings. The van der Waals surface area contributed by atoms with Crippen molar-refractivity contribution >= 4 is 21.2 Å². The number of hydrogen-bond acceptors (Lipinski definition) is 5. The van der Waals surface area contributed by atoms with Crippen LogP contribution in [0.25, 0.3) is 0 Å². The maximum atomic E-state index is 11.8. The number of hydrogen-bond donors (Lipinski definition) is 1. The molecule has 2 unspecified atom stereocenters. The number of aromatic nitrogens is 1. The van der Waals surface area contributed by atoms with Crippen molar-refractivity contribution in [1.82, 2.24) is 4.98 Å². The topological polar surface area (TPSA) is 67.3 Å². The van der Waals surface area contributed by atoms with Crippen molar-refractivity contribution in [2.24, 2.45) is 0 Å². The third-order valence-corrected chi connectivity index (χ3v) is 6.06. The Morgan fingerprint density at radius 1 is 1.56 bits per heavy atom. The van der Waals surface area contributed by atoms with Crippen LogP contribution in [-0.2, 0) is 16.3 Å². The van der Waals surface area contributed by atoms with E-state index in [0.29, 0.717) is 12.8 Å². The minimum Gasteiger partial charge on any atom is -0.391 e. The summed E-state index contributed by atoms with van der Waals surface area (Å²) in [5.74, 6) is 0.215. The highest BCUT2D eigenvalue weighted by Crippen LogP contribution is 2.24. The highest BCUT2D eigenvalue weighted by Gasteiger charge is 2.34. The number of nitrogens with zero attached hydrogens (tertiary/aromatic N) is 1. The Bertz CT molecular complexity index is 427. The summed E-state index contributed by atoms with van der Waals surface area (Å²) in [5.41, 5.74) is 0. The van der Waals surface area contributed by atoms with Gasteiger partial charge in [0, 0.05) is 18.0 Å². The molecule has 6 heteroatoms. The van der Waals surface area contributed by atoms with E-state index in [0.717, 1.165) is 17.8 Å². The lowest BCUT2D eigenvalue weighted by Crippen LogP contribution is -2.39. The summed E-state index contributed by atoms with van der Waals surface area (Å²) >= 11 is 1.45. The Kier molecular flexibility index (Phi) is 3.61. The van der Waals surface area contributed by atoms with Gasteiger partial charge in [-0.05, 0) is 12.8 Å². The van der Waals surface area contributed by atoms with E-state index in [1.807, 2.05) is 5.38 Å². The molecular formula is C10H15NO3S2. The minimum atomic E-state index is -3.10. The van der Waals surface area contributed by atoms with Crippen LogP contribution < -0.4 is 0 Å². The fraction of sp³-hybridized carbons (Fsp3) is 0.700. The van der Waals surface area contributed by atoms with Crippen LogP contribution >= 0.6 is 11.3 Å². The van der Waals surface area contributed by atoms with Gasteiger partial charge in [-0.25, -0.2) is 13.4 Å². The summed E-state index contributed by atoms with van der Waals surface area (Å²) < 4.78 is 23.5. The zero-order chi connectivity index (χ0) is 11.6. The molecule has 0 radical (unpaired) electrons. The minimum absolute atomic E-state index is 0.215. The Hall–Kier alpha value is -0.460. The van der Waals surface area contributed by atoms with E-state index in [1.54, 1.807) is 6.20 Å². The van der Waals surface area contributed by atoms with Crippen LogP contribution in [-0.4, -0.2) is 35.6 Å². The van der Waals surface area contributed by atoms with Gasteiger partial charge in [0.2, 0.25) is 0 Å². The number of sulfone groups is 1. The average Bonchev–Trinajstić information content (AvgIpc) is 2.69. The van der Waals surface area contributed by atoms with Crippen LogP contribution in [0.1, 0.15) is 24.3 Å². The molecule has 0 amide bonds. The predicted molar refractivity (Wildman–Crippen MR) is 63.3 cm³/mol. The van der Waals surface area contributed by atoms with Crippen molar-refractivity contribution in [3.8, 4) is 0 Å². The zero-order valence-corrected chi connectivity index (χ0v) is 10.5. The fourth-order valence-electron chi connectivity index (χ4n) is 2.08. The van der Waals surface area contributed by atoms with Crippen molar-refractivity contribution in [3.05, 3.63) is 16.6 Å². The second kappa shape index (κ2) is 4.81. The lowest BCUT2D eigenvalue weighted by molar-refractivity contribution is 0.162. The molecule has 1 aliphatic rings. The van der Waals surface area contributed by atoms with Crippen molar-refractivity contribution < 1.29 is 13.5 Å². The van der Waals surface area contributed by atoms with Crippen molar-refractivity contribution in [3.63, 3.8) is 0 Å². The van der Waals surface area contributed by atoms with E-state index in [9.17, 15) is 13.5 Å². The summed E-state index contributed by atoms with van der Waals surface area (Å²) in [7, 11) is -3.10. The van der Waals surface area contributed by atoms with Gasteiger partial charge in [-0.1, -0.05) is 6.42 Å². The summed E-state index contributed by atoms with van der Waals surface area (Å²) in [4.78, 5) is 4.06. The Morgan fingerprint density at radius 3 is 3.00 bits per heavy atom. The highest BCUT2D eigenvalue weighted by atomic mass is 32.2. The molecule has 1 saturated heterocycles. The van der Waals surface area contributed by atoms with Crippen molar-refractivity contribution in [2.75, 3.05) is 5.75 Å². The van der Waals surface area contributed by atoms with Gasteiger partial charge < -0.3 is 5.11 Å². The molecule has 4 nitrogen and oxygen atoms in total. The van der Waals surface area contributed by atoms with E-state index in [4.69, 9.17) is 0 Å². The van der Waals surface area contributed by atoms with E-state index in [2.05, 4.69) is 4.98 Å². The molecule has 2 atom stereocenters. The van der Waals surface area contributed by atoms with Gasteiger partial charge in [-0.15, -0.1) is 11.3 Å². The summed E-state index contributed by atoms with van der Waals surface area (Å²) in [5, 5.41) is 12.0. The van der Waals surface area contributed by atoms with Crippen LogP contribution in [0.2, 0.25) is 0 Å². The van der Waals surface area contributed by atoms with Gasteiger partial charge >= 0.3 is 0 Å². The largest absolute Gasteiger partial charge is 0.391 e. The molecule has 1 aliphatic heterocycles. The fourth-order valence-corrected chi connectivity index (χ4v) is 4.75. The second-order valence-corrected chi connectivity index (χ2v) is 7.42. The van der Waals surface area contributed by atoms with Crippen LogP contribution in [0.15, 0.2) is 11.6 Å². The zero-order valence-electron chi connectivity index (χ0n) is 8.87. The number of rotatable bonds is 3. The number of thiazole rings is 1. The molecule has 0 aliphatic carbocycles. The molecule has 1 aromatic heterocycles. The second-order valence-electron chi connectivity index (χ2n) is 4.10. The van der Waals surface area contributed by atoms with Gasteiger partial charge in [0.15, 0.2) is 9.84 Å². The SMILES string of the molecule is O=S1(=O)CCCCC1C(O)Cc1nccs1. The van der Waals surface area contributed by atoms with Crippen LogP contribution in [0, 0.1) is 0 Å². The first-order valence-corrected chi connectivity index (χ1v) is 7.97. The van der Waals surface area contributed by atoms with E-state index in [1.165, 1.54) is 11.3 Å². The molecular weight excluding hydrogens is 246 g/mol. The molecule has 0 spiro atoms. The maximum Gasteiger partial charge on any atom is 0.155 e. The third-order valence-electron chi connectivity index (χ3n) is 2.93. The average molecular weight is 261 g/mol. The molecule has 0 bridgehead atoms. The molecule has 2 rings (SSSR count). The Balaban J connectivity index is 2.06. The first kappa shape index (κ1) is 12.0. The normalized spacial score (nSPS) is 26.4. The molecule has 0 aromatic carbocycles. The third kappa shape index (κ3) is 2.61. The Labute approximate surface area is 99.3 Å². The monoisotopic (exact) mass is 261 g/mol. The van der Waals surface area contributed by atoms with Crippen molar-refractivity contribution in [2.45, 2.75) is 37.0 Å². The molecule has 1 N–H and O–H groups in total. The van der Waals surface area contributed by atoms with Gasteiger partial charge in [0.1, 0.15) is 0 Å².